The summed E-state index contributed by atoms with van der Waals surface area (Å²) in [6, 6.07) is -9.70. The van der Waals surface area contributed by atoms with Gasteiger partial charge in [-0.15, -0.1) is 5.10 Å². The Hall–Kier alpha value is -14.2. The second kappa shape index (κ2) is 68.4. The molecule has 4 aliphatic heterocycles. The molecule has 27 N–H and O–H groups in total. The van der Waals surface area contributed by atoms with Gasteiger partial charge in [0.2, 0.25) is 88.6 Å². The maximum Gasteiger partial charge on any atom is 0.317 e. The molecular formula is C98H154N28O24. The number of nitrogens with two attached hydrogens (primary N) is 3. The zero-order chi connectivity index (χ0) is 109. The third kappa shape index (κ3) is 47.5. The molecule has 0 aliphatic carbocycles. The van der Waals surface area contributed by atoms with E-state index in [-0.39, 0.29) is 206 Å². The summed E-state index contributed by atoms with van der Waals surface area (Å²) < 4.78 is 11.0. The predicted molar refractivity (Wildman–Crippen MR) is 545 cm³/mol. The maximum atomic E-state index is 15.6. The molecule has 52 heteroatoms. The van der Waals surface area contributed by atoms with E-state index >= 15 is 14.4 Å². The summed E-state index contributed by atoms with van der Waals surface area (Å²) in [5, 5.41) is 96.0. The average molecular weight is 2110 g/mol. The number of guanidine groups is 2. The summed E-state index contributed by atoms with van der Waals surface area (Å²) in [5.74, 6) is -17.4. The molecule has 150 heavy (non-hydrogen) atoms. The third-order valence-corrected chi connectivity index (χ3v) is 25.9. The number of para-hydroxylation sites is 1. The molecule has 0 spiro atoms. The number of nitrogens with one attached hydrogen (secondary N) is 18. The number of carbonyl (C=O) groups excluding carboxylic acids is 16. The first-order valence-electron chi connectivity index (χ1n) is 52.1. The van der Waals surface area contributed by atoms with Gasteiger partial charge in [0.15, 0.2) is 11.9 Å². The average Bonchev–Trinajstić information content (AvgIpc) is 1.64. The fourth-order valence-electron chi connectivity index (χ4n) is 18.1. The van der Waals surface area contributed by atoms with Gasteiger partial charge in [-0.2, -0.15) is 0 Å². The number of ketones is 1. The van der Waals surface area contributed by atoms with E-state index in [1.807, 2.05) is 0 Å². The SMILES string of the molecule is CC(=O)N[C@H]1CC(=O)CCCCC[C@@H](C(=O)N2CCC[C@H]2C(=O)N2CCC[C@H]2C(=O)N[C@@H](CCCNC(=N)N)C(=O)N[C@@H](CC(=O)O)C(=O)N[C@@H](CCCCN(CC(=O)O)CC(=O)O)C(=O)N[C@@H](CCCCNC(=O)COCCOCCNC(=O)CCCCCCCCCCCCCCCc2nnn[nH]2)C(N)=O)NC(=O)[C@H](Cc2c[nH]c3ccccc23)NC(=O)[C@H](CCCNC(=N)N)NC(=O)CNC(=O)[C@H](CC2=CCC=N2)NC1=O. The van der Waals surface area contributed by atoms with E-state index in [9.17, 15) is 92.0 Å². The highest BCUT2D eigenvalue weighted by atomic mass is 16.5. The van der Waals surface area contributed by atoms with E-state index in [1.54, 1.807) is 42.8 Å². The summed E-state index contributed by atoms with van der Waals surface area (Å²) in [5.41, 5.74) is 18.6. The number of hydrogen-bond donors (Lipinski definition) is 24. The minimum Gasteiger partial charge on any atom is -0.481 e. The Morgan fingerprint density at radius 3 is 1.79 bits per heavy atom. The van der Waals surface area contributed by atoms with Crippen molar-refractivity contribution in [2.45, 2.75) is 324 Å². The van der Waals surface area contributed by atoms with E-state index in [2.05, 4.69) is 105 Å². The first-order valence-corrected chi connectivity index (χ1v) is 52.1. The number of amides is 15. The second-order valence-electron chi connectivity index (χ2n) is 38.0. The zero-order valence-electron chi connectivity index (χ0n) is 85.6. The molecular weight excluding hydrogens is 1950 g/mol. The molecule has 0 saturated carbocycles. The highest BCUT2D eigenvalue weighted by Crippen LogP contribution is 2.29. The summed E-state index contributed by atoms with van der Waals surface area (Å²) in [7, 11) is 0. The standard InChI is InChI=1S/C98H154N28O24/c1-62(127)111-75-55-65(128)30-14-13-15-35-72(116-91(143)73(53-63-57-109-67-32-19-18-31-66(63)67)117-88(140)69(36-25-44-107-97(100)101)112-81(130)58-110-87(139)74(118-92(75)144)54-64-29-24-43-104-64)95(147)126-49-28-39-78(126)96(148)125-48-27-38-77(125)94(146)115-71(37-26-45-108-98(102)103)90(142)119-76(56-83(132)133)93(145)114-70(34-21-23-47-124(59-84(134)135)60-85(136)137)89(141)113-68(86(99)138)33-20-22-42-105-82(131)61-150-52-51-149-50-46-106-80(129)41-17-12-10-8-6-4-2-3-5-7-9-11-16-40-79-120-122-123-121-79/h18-19,29,31-32,43,57,68-78,109H,2-17,20-28,30,33-42,44-56,58-61H2,1H3,(H2,99,138)(H,105,131)(H,106,129)(H,110,139)(H,111,127)(H,112,130)(H,113,141)(H,114,145)(H,115,146)(H,116,143)(H,117,140)(H,118,144)(H,119,142)(H,132,133)(H,134,135)(H,136,137)(H4,100,101,107)(H4,102,103,108)(H,120,121,122,123)/t68-,69-,70-,71-,72-,73-,74-,75-,76-,77-,78-/m0/s1. The number of H-pyrrole nitrogens is 2. The number of aromatic amines is 2. The number of aliphatic imine (C=N–C) groups is 1. The van der Waals surface area contributed by atoms with Crippen molar-refractivity contribution >= 4 is 141 Å². The van der Waals surface area contributed by atoms with Crippen molar-refractivity contribution in [3.8, 4) is 0 Å². The van der Waals surface area contributed by atoms with Crippen molar-refractivity contribution in [1.82, 2.24) is 115 Å². The second-order valence-corrected chi connectivity index (χ2v) is 38.0. The number of nitrogens with zero attached hydrogens (tertiary/aromatic N) is 7. The van der Waals surface area contributed by atoms with Crippen LogP contribution in [0.25, 0.3) is 10.9 Å². The van der Waals surface area contributed by atoms with E-state index in [0.717, 1.165) is 56.2 Å². The first-order chi connectivity index (χ1) is 72.0. The number of carboxylic acids is 3. The van der Waals surface area contributed by atoms with Crippen LogP contribution in [0.2, 0.25) is 0 Å². The molecule has 2 aromatic heterocycles. The van der Waals surface area contributed by atoms with E-state index in [0.29, 0.717) is 41.5 Å². The van der Waals surface area contributed by atoms with Gasteiger partial charge in [-0.25, -0.2) is 5.10 Å². The Labute approximate surface area is 870 Å². The Morgan fingerprint density at radius 2 is 1.14 bits per heavy atom. The molecule has 0 bridgehead atoms. The van der Waals surface area contributed by atoms with Crippen molar-refractivity contribution in [3.05, 3.63) is 53.6 Å². The molecule has 15 amide bonds. The quantitative estimate of drug-likeness (QED) is 0.0176. The minimum atomic E-state index is -2.05. The van der Waals surface area contributed by atoms with Crippen molar-refractivity contribution in [2.24, 2.45) is 22.2 Å². The van der Waals surface area contributed by atoms with E-state index < -0.39 is 217 Å². The number of Topliss-reactive ketones (excluding diaryl/α,β-unsaturated/α-hetero) is 1. The molecule has 11 atom stereocenters. The molecule has 830 valence electrons. The number of primary amides is 1. The van der Waals surface area contributed by atoms with Crippen LogP contribution in [0.5, 0.6) is 0 Å². The number of aryl methyl sites for hydroxylation is 1. The number of hydrogen-bond acceptors (Lipinski definition) is 28. The summed E-state index contributed by atoms with van der Waals surface area (Å²) in [6.07, 6.45) is 19.8. The van der Waals surface area contributed by atoms with Crippen molar-refractivity contribution in [3.63, 3.8) is 0 Å². The number of ether oxygens (including phenoxy) is 2. The molecule has 7 rings (SSSR count). The lowest BCUT2D eigenvalue weighted by atomic mass is 10.00. The number of tetrazole rings is 1. The van der Waals surface area contributed by atoms with Crippen LogP contribution < -0.4 is 91.6 Å². The van der Waals surface area contributed by atoms with Crippen LogP contribution in [-0.4, -0.2) is 344 Å². The molecule has 3 saturated heterocycles. The van der Waals surface area contributed by atoms with E-state index in [4.69, 9.17) is 37.5 Å². The normalized spacial score (nSPS) is 18.9. The van der Waals surface area contributed by atoms with Crippen molar-refractivity contribution in [2.75, 3.05) is 91.9 Å². The summed E-state index contributed by atoms with van der Waals surface area (Å²) in [6.45, 7) is -0.755. The van der Waals surface area contributed by atoms with Gasteiger partial charge < -0.3 is 131 Å². The molecule has 4 aliphatic rings. The number of aliphatic carboxylic acids is 3. The van der Waals surface area contributed by atoms with Gasteiger partial charge in [-0.05, 0) is 144 Å². The van der Waals surface area contributed by atoms with Crippen LogP contribution in [-0.2, 0) is 113 Å². The van der Waals surface area contributed by atoms with Gasteiger partial charge in [0.05, 0.1) is 45.9 Å². The van der Waals surface area contributed by atoms with Gasteiger partial charge in [0.25, 0.3) is 0 Å². The lowest BCUT2D eigenvalue weighted by molar-refractivity contribution is -0.148. The van der Waals surface area contributed by atoms with Gasteiger partial charge in [0.1, 0.15) is 84.7 Å². The zero-order valence-corrected chi connectivity index (χ0v) is 85.6. The molecule has 1 aromatic carbocycles. The molecule has 52 nitrogen and oxygen atoms in total. The smallest absolute Gasteiger partial charge is 0.317 e. The van der Waals surface area contributed by atoms with Crippen LogP contribution in [0.3, 0.4) is 0 Å². The number of fused-ring (bicyclic) bond motifs is 1. The molecule has 3 fully saturated rings. The topological polar surface area (TPSA) is 790 Å². The number of benzene rings is 1. The number of rotatable bonds is 64. The highest BCUT2D eigenvalue weighted by Gasteiger charge is 2.46. The third-order valence-electron chi connectivity index (χ3n) is 25.9. The summed E-state index contributed by atoms with van der Waals surface area (Å²) >= 11 is 0. The lowest BCUT2D eigenvalue weighted by Crippen LogP contribution is -2.60. The monoisotopic (exact) mass is 2110 g/mol. The number of likely N-dealkylation sites (tertiary alicyclic amines) is 2. The van der Waals surface area contributed by atoms with Crippen LogP contribution in [0.4, 0.5) is 0 Å². The molecule has 3 aromatic rings. The highest BCUT2D eigenvalue weighted by molar-refractivity contribution is 6.01. The maximum absolute atomic E-state index is 15.6. The Morgan fingerprint density at radius 1 is 0.553 bits per heavy atom. The number of carboxylic acid groups (broad SMARTS) is 3. The molecule has 0 radical (unpaired) electrons. The van der Waals surface area contributed by atoms with Crippen LogP contribution in [0, 0.1) is 10.8 Å². The van der Waals surface area contributed by atoms with Crippen LogP contribution in [0.1, 0.15) is 256 Å². The largest absolute Gasteiger partial charge is 0.481 e. The van der Waals surface area contributed by atoms with Crippen LogP contribution in [0.15, 0.2) is 47.2 Å². The van der Waals surface area contributed by atoms with Gasteiger partial charge >= 0.3 is 17.9 Å². The Bertz CT molecular complexity index is 5000. The van der Waals surface area contributed by atoms with Gasteiger partial charge in [-0.1, -0.05) is 108 Å². The van der Waals surface area contributed by atoms with Gasteiger partial charge in [0, 0.05) is 120 Å². The minimum absolute atomic E-state index is 0.00848. The molecule has 6 heterocycles. The first kappa shape index (κ1) is 123. The molecule has 0 unspecified atom stereocenters. The van der Waals surface area contributed by atoms with Crippen molar-refractivity contribution < 1.29 is 116 Å². The predicted octanol–water partition coefficient (Wildman–Crippen LogP) is -1.36. The van der Waals surface area contributed by atoms with Crippen LogP contribution >= 0.6 is 0 Å². The summed E-state index contributed by atoms with van der Waals surface area (Å²) in [4.78, 5) is 274. The number of allylic oxidation sites excluding steroid dienone is 1. The fourth-order valence-corrected chi connectivity index (χ4v) is 18.1. The van der Waals surface area contributed by atoms with Crippen molar-refractivity contribution in [1.29, 1.82) is 10.8 Å². The number of aromatic nitrogens is 5. The number of unbranched alkanes of at least 4 members (excludes halogenated alkanes) is 14. The lowest BCUT2D eigenvalue weighted by Gasteiger charge is -2.34. The fraction of sp³-hybridized carbons (Fsp3) is 0.663. The Balaban J connectivity index is 0.990. The Kier molecular flexibility index (Phi) is 56.0. The van der Waals surface area contributed by atoms with Gasteiger partial charge in [-0.3, -0.25) is 112 Å². The number of carbonyl (C=O) groups is 19. The van der Waals surface area contributed by atoms with E-state index in [1.165, 1.54) is 61.2 Å².